The van der Waals surface area contributed by atoms with Gasteiger partial charge in [-0.25, -0.2) is 0 Å². The molecular formula is C16H23NO3. The van der Waals surface area contributed by atoms with Crippen LogP contribution in [0.4, 0.5) is 0 Å². The summed E-state index contributed by atoms with van der Waals surface area (Å²) in [5, 5.41) is 12.7. The molecule has 0 aromatic heterocycles. The van der Waals surface area contributed by atoms with Gasteiger partial charge in [-0.3, -0.25) is 4.79 Å². The molecule has 1 amide bonds. The lowest BCUT2D eigenvalue weighted by atomic mass is 10.1. The minimum absolute atomic E-state index is 0.0175. The Bertz CT molecular complexity index is 485. The highest BCUT2D eigenvalue weighted by atomic mass is 16.5. The number of ether oxygens (including phenoxy) is 1. The van der Waals surface area contributed by atoms with Crippen LogP contribution in [-0.2, 0) is 11.2 Å². The van der Waals surface area contributed by atoms with Crippen LogP contribution in [0.1, 0.15) is 44.4 Å². The van der Waals surface area contributed by atoms with Gasteiger partial charge in [-0.2, -0.15) is 0 Å². The van der Waals surface area contributed by atoms with Crippen molar-refractivity contribution in [3.63, 3.8) is 0 Å². The average Bonchev–Trinajstić information content (AvgIpc) is 2.79. The van der Waals surface area contributed by atoms with Gasteiger partial charge in [0.1, 0.15) is 5.75 Å². The molecule has 0 saturated carbocycles. The van der Waals surface area contributed by atoms with Crippen LogP contribution in [0, 0.1) is 5.92 Å². The molecule has 110 valence electrons. The lowest BCUT2D eigenvalue weighted by Gasteiger charge is -2.18. The summed E-state index contributed by atoms with van der Waals surface area (Å²) in [5.41, 5.74) is 1.96. The van der Waals surface area contributed by atoms with Crippen LogP contribution < -0.4 is 10.1 Å². The summed E-state index contributed by atoms with van der Waals surface area (Å²) in [6, 6.07) is 5.77. The molecule has 0 aliphatic heterocycles. The Morgan fingerprint density at radius 3 is 2.90 bits per heavy atom. The number of nitrogens with one attached hydrogen (secondary N) is 1. The Hall–Kier alpha value is -1.55. The van der Waals surface area contributed by atoms with E-state index >= 15 is 0 Å². The number of hydrogen-bond acceptors (Lipinski definition) is 3. The number of amides is 1. The number of carbonyl (C=O) groups is 1. The second kappa shape index (κ2) is 6.27. The first-order valence-electron chi connectivity index (χ1n) is 7.21. The van der Waals surface area contributed by atoms with Crippen LogP contribution in [0.15, 0.2) is 18.2 Å². The number of rotatable bonds is 5. The molecule has 1 aliphatic rings. The lowest BCUT2D eigenvalue weighted by molar-refractivity contribution is -0.124. The fourth-order valence-corrected chi connectivity index (χ4v) is 2.34. The van der Waals surface area contributed by atoms with Gasteiger partial charge in [0.2, 0.25) is 0 Å². The quantitative estimate of drug-likeness (QED) is 0.867. The van der Waals surface area contributed by atoms with Crippen molar-refractivity contribution in [3.8, 4) is 5.75 Å². The number of fused-ring (bicyclic) bond motifs is 1. The second-order valence-corrected chi connectivity index (χ2v) is 5.77. The molecule has 4 heteroatoms. The van der Waals surface area contributed by atoms with E-state index < -0.39 is 6.10 Å². The summed E-state index contributed by atoms with van der Waals surface area (Å²) < 4.78 is 5.62. The molecule has 2 rings (SSSR count). The first kappa shape index (κ1) is 14.9. The van der Waals surface area contributed by atoms with Crippen molar-refractivity contribution in [1.82, 2.24) is 5.32 Å². The van der Waals surface area contributed by atoms with Crippen LogP contribution in [0.2, 0.25) is 0 Å². The summed E-state index contributed by atoms with van der Waals surface area (Å²) >= 11 is 0. The third-order valence-electron chi connectivity index (χ3n) is 3.94. The SMILES string of the molecule is CC(C)C(C)NC(=O)COc1cccc2c1CCC2O. The average molecular weight is 277 g/mol. The number of hydrogen-bond donors (Lipinski definition) is 2. The Morgan fingerprint density at radius 1 is 1.45 bits per heavy atom. The van der Waals surface area contributed by atoms with Crippen molar-refractivity contribution in [1.29, 1.82) is 0 Å². The van der Waals surface area contributed by atoms with E-state index in [2.05, 4.69) is 19.2 Å². The van der Waals surface area contributed by atoms with E-state index in [4.69, 9.17) is 4.74 Å². The zero-order chi connectivity index (χ0) is 14.7. The van der Waals surface area contributed by atoms with Crippen molar-refractivity contribution in [2.24, 2.45) is 5.92 Å². The molecule has 0 spiro atoms. The van der Waals surface area contributed by atoms with E-state index in [9.17, 15) is 9.90 Å². The molecule has 0 saturated heterocycles. The maximum absolute atomic E-state index is 11.8. The molecule has 1 aromatic carbocycles. The minimum Gasteiger partial charge on any atom is -0.483 e. The Kier molecular flexibility index (Phi) is 4.65. The Labute approximate surface area is 120 Å². The molecule has 2 atom stereocenters. The third kappa shape index (κ3) is 3.31. The van der Waals surface area contributed by atoms with Crippen molar-refractivity contribution in [2.45, 2.75) is 45.8 Å². The second-order valence-electron chi connectivity index (χ2n) is 5.77. The van der Waals surface area contributed by atoms with E-state index in [1.807, 2.05) is 25.1 Å². The number of benzene rings is 1. The van der Waals surface area contributed by atoms with Gasteiger partial charge in [-0.1, -0.05) is 26.0 Å². The molecule has 20 heavy (non-hydrogen) atoms. The molecule has 2 N–H and O–H groups in total. The largest absolute Gasteiger partial charge is 0.483 e. The summed E-state index contributed by atoms with van der Waals surface area (Å²) in [5.74, 6) is 1.00. The van der Waals surface area contributed by atoms with E-state index in [1.54, 1.807) is 0 Å². The first-order valence-corrected chi connectivity index (χ1v) is 7.21. The first-order chi connectivity index (χ1) is 9.49. The topological polar surface area (TPSA) is 58.6 Å². The third-order valence-corrected chi connectivity index (χ3v) is 3.94. The number of aliphatic hydroxyl groups excluding tert-OH is 1. The highest BCUT2D eigenvalue weighted by molar-refractivity contribution is 5.77. The fourth-order valence-electron chi connectivity index (χ4n) is 2.34. The van der Waals surface area contributed by atoms with Gasteiger partial charge in [0.25, 0.3) is 5.91 Å². The van der Waals surface area contributed by atoms with Gasteiger partial charge >= 0.3 is 0 Å². The van der Waals surface area contributed by atoms with Crippen molar-refractivity contribution < 1.29 is 14.6 Å². The van der Waals surface area contributed by atoms with Gasteiger partial charge in [0.15, 0.2) is 6.61 Å². The molecule has 0 fully saturated rings. The zero-order valence-electron chi connectivity index (χ0n) is 12.3. The molecule has 0 radical (unpaired) electrons. The highest BCUT2D eigenvalue weighted by Gasteiger charge is 2.23. The number of carbonyl (C=O) groups excluding carboxylic acids is 1. The van der Waals surface area contributed by atoms with Crippen LogP contribution >= 0.6 is 0 Å². The van der Waals surface area contributed by atoms with E-state index in [0.29, 0.717) is 11.7 Å². The van der Waals surface area contributed by atoms with E-state index in [1.165, 1.54) is 0 Å². The van der Waals surface area contributed by atoms with Crippen molar-refractivity contribution in [3.05, 3.63) is 29.3 Å². The molecule has 0 bridgehead atoms. The molecule has 2 unspecified atom stereocenters. The van der Waals surface area contributed by atoms with Crippen molar-refractivity contribution >= 4 is 5.91 Å². The lowest BCUT2D eigenvalue weighted by Crippen LogP contribution is -2.39. The van der Waals surface area contributed by atoms with Crippen LogP contribution in [0.5, 0.6) is 5.75 Å². The zero-order valence-corrected chi connectivity index (χ0v) is 12.3. The Morgan fingerprint density at radius 2 is 2.20 bits per heavy atom. The summed E-state index contributed by atoms with van der Waals surface area (Å²) in [6.07, 6.45) is 1.13. The predicted molar refractivity (Wildman–Crippen MR) is 77.7 cm³/mol. The molecule has 1 aliphatic carbocycles. The van der Waals surface area contributed by atoms with E-state index in [-0.39, 0.29) is 18.6 Å². The van der Waals surface area contributed by atoms with Crippen LogP contribution in [-0.4, -0.2) is 23.7 Å². The van der Waals surface area contributed by atoms with Gasteiger partial charge in [0, 0.05) is 11.6 Å². The Balaban J connectivity index is 1.94. The normalized spacial score (nSPS) is 18.8. The summed E-state index contributed by atoms with van der Waals surface area (Å²) in [6.45, 7) is 6.14. The maximum Gasteiger partial charge on any atom is 0.258 e. The van der Waals surface area contributed by atoms with Crippen LogP contribution in [0.3, 0.4) is 0 Å². The monoisotopic (exact) mass is 277 g/mol. The highest BCUT2D eigenvalue weighted by Crippen LogP contribution is 2.36. The fraction of sp³-hybridized carbons (Fsp3) is 0.562. The summed E-state index contributed by atoms with van der Waals surface area (Å²) in [7, 11) is 0. The number of aliphatic hydroxyl groups is 1. The summed E-state index contributed by atoms with van der Waals surface area (Å²) in [4.78, 5) is 11.8. The minimum atomic E-state index is -0.400. The smallest absolute Gasteiger partial charge is 0.258 e. The molecule has 1 aromatic rings. The molecule has 0 heterocycles. The van der Waals surface area contributed by atoms with Gasteiger partial charge in [-0.05, 0) is 37.3 Å². The predicted octanol–water partition coefficient (Wildman–Crippen LogP) is 2.21. The standard InChI is InChI=1S/C16H23NO3/c1-10(2)11(3)17-16(19)9-20-15-6-4-5-12-13(15)7-8-14(12)18/h4-6,10-11,14,18H,7-9H2,1-3H3,(H,17,19). The molecular weight excluding hydrogens is 254 g/mol. The van der Waals surface area contributed by atoms with Gasteiger partial charge in [-0.15, -0.1) is 0 Å². The van der Waals surface area contributed by atoms with Crippen molar-refractivity contribution in [2.75, 3.05) is 6.61 Å². The van der Waals surface area contributed by atoms with E-state index in [0.717, 1.165) is 24.0 Å². The molecule has 4 nitrogen and oxygen atoms in total. The maximum atomic E-state index is 11.8. The van der Waals surface area contributed by atoms with Gasteiger partial charge < -0.3 is 15.2 Å². The van der Waals surface area contributed by atoms with Gasteiger partial charge in [0.05, 0.1) is 6.10 Å². The van der Waals surface area contributed by atoms with Crippen LogP contribution in [0.25, 0.3) is 0 Å².